The molecule has 1 aliphatic heterocycles. The number of imidazole rings is 1. The number of thiazole rings is 1. The lowest BCUT2D eigenvalue weighted by Crippen LogP contribution is -2.35. The van der Waals surface area contributed by atoms with E-state index in [4.69, 9.17) is 10.1 Å². The Morgan fingerprint density at radius 2 is 2.48 bits per heavy atom. The van der Waals surface area contributed by atoms with E-state index in [1.54, 1.807) is 17.4 Å². The highest BCUT2D eigenvalue weighted by molar-refractivity contribution is 7.15. The second-order valence-corrected chi connectivity index (χ2v) is 6.28. The Bertz CT molecular complexity index is 674. The van der Waals surface area contributed by atoms with Crippen molar-refractivity contribution in [2.24, 2.45) is 5.92 Å². The molecular formula is C15H19N3O2S. The third-order valence-corrected chi connectivity index (χ3v) is 4.82. The summed E-state index contributed by atoms with van der Waals surface area (Å²) in [6, 6.07) is 0. The van der Waals surface area contributed by atoms with E-state index in [9.17, 15) is 4.79 Å². The third-order valence-electron chi connectivity index (χ3n) is 4.06. The molecule has 1 N–H and O–H groups in total. The molecule has 3 heterocycles. The summed E-state index contributed by atoms with van der Waals surface area (Å²) in [4.78, 5) is 18.7. The van der Waals surface area contributed by atoms with Gasteiger partial charge in [0.1, 0.15) is 0 Å². The molecule has 0 saturated carbocycles. The number of aliphatic carboxylic acids is 1. The van der Waals surface area contributed by atoms with Gasteiger partial charge in [-0.2, -0.15) is 0 Å². The first-order valence-electron chi connectivity index (χ1n) is 7.30. The molecular weight excluding hydrogens is 286 g/mol. The second kappa shape index (κ2) is 5.89. The Kier molecular flexibility index (Phi) is 3.96. The fourth-order valence-corrected chi connectivity index (χ4v) is 3.64. The van der Waals surface area contributed by atoms with Gasteiger partial charge in [-0.1, -0.05) is 13.3 Å². The van der Waals surface area contributed by atoms with E-state index in [2.05, 4.69) is 11.8 Å². The minimum atomic E-state index is -0.934. The maximum atomic E-state index is 10.8. The summed E-state index contributed by atoms with van der Waals surface area (Å²) in [5, 5.41) is 10.9. The van der Waals surface area contributed by atoms with E-state index < -0.39 is 5.97 Å². The maximum Gasteiger partial charge on any atom is 0.328 e. The van der Waals surface area contributed by atoms with Gasteiger partial charge in [-0.25, -0.2) is 9.78 Å². The average molecular weight is 305 g/mol. The summed E-state index contributed by atoms with van der Waals surface area (Å²) < 4.78 is 1.97. The van der Waals surface area contributed by atoms with Crippen molar-refractivity contribution >= 4 is 34.2 Å². The first kappa shape index (κ1) is 14.1. The SMILES string of the molecule is CCC1CCCN(c2nc3sccn3c2/C=C/C(=O)O)C1. The van der Waals surface area contributed by atoms with E-state index in [1.165, 1.54) is 25.3 Å². The smallest absolute Gasteiger partial charge is 0.328 e. The summed E-state index contributed by atoms with van der Waals surface area (Å²) >= 11 is 1.57. The zero-order chi connectivity index (χ0) is 14.8. The number of anilines is 1. The summed E-state index contributed by atoms with van der Waals surface area (Å²) in [6.07, 6.45) is 8.41. The van der Waals surface area contributed by atoms with E-state index in [1.807, 2.05) is 16.0 Å². The van der Waals surface area contributed by atoms with Crippen LogP contribution in [0.25, 0.3) is 11.0 Å². The zero-order valence-electron chi connectivity index (χ0n) is 12.0. The molecule has 21 heavy (non-hydrogen) atoms. The number of hydrogen-bond acceptors (Lipinski definition) is 4. The van der Waals surface area contributed by atoms with E-state index in [-0.39, 0.29) is 0 Å². The molecule has 0 aliphatic carbocycles. The van der Waals surface area contributed by atoms with Gasteiger partial charge in [0.05, 0.1) is 5.69 Å². The molecule has 1 atom stereocenters. The van der Waals surface area contributed by atoms with Crippen LogP contribution in [-0.4, -0.2) is 33.6 Å². The number of rotatable bonds is 4. The van der Waals surface area contributed by atoms with Crippen LogP contribution in [0.3, 0.4) is 0 Å². The van der Waals surface area contributed by atoms with E-state index >= 15 is 0 Å². The van der Waals surface area contributed by atoms with Crippen molar-refractivity contribution in [3.05, 3.63) is 23.3 Å². The largest absolute Gasteiger partial charge is 0.478 e. The van der Waals surface area contributed by atoms with Crippen molar-refractivity contribution in [1.29, 1.82) is 0 Å². The molecule has 0 aromatic carbocycles. The summed E-state index contributed by atoms with van der Waals surface area (Å²) in [5.41, 5.74) is 0.866. The van der Waals surface area contributed by atoms with Crippen LogP contribution in [0.1, 0.15) is 31.9 Å². The molecule has 1 saturated heterocycles. The van der Waals surface area contributed by atoms with Gasteiger partial charge in [0, 0.05) is 30.7 Å². The van der Waals surface area contributed by atoms with Crippen molar-refractivity contribution in [3.63, 3.8) is 0 Å². The highest BCUT2D eigenvalue weighted by Gasteiger charge is 2.23. The molecule has 1 fully saturated rings. The van der Waals surface area contributed by atoms with Crippen LogP contribution in [-0.2, 0) is 4.79 Å². The lowest BCUT2D eigenvalue weighted by molar-refractivity contribution is -0.131. The number of carbonyl (C=O) groups is 1. The zero-order valence-corrected chi connectivity index (χ0v) is 12.8. The third kappa shape index (κ3) is 2.81. The van der Waals surface area contributed by atoms with Crippen LogP contribution in [0.4, 0.5) is 5.82 Å². The molecule has 0 spiro atoms. The highest BCUT2D eigenvalue weighted by Crippen LogP contribution is 2.30. The first-order valence-corrected chi connectivity index (χ1v) is 8.18. The van der Waals surface area contributed by atoms with Gasteiger partial charge in [-0.05, 0) is 24.8 Å². The quantitative estimate of drug-likeness (QED) is 0.882. The van der Waals surface area contributed by atoms with Gasteiger partial charge in [0.2, 0.25) is 0 Å². The van der Waals surface area contributed by atoms with Gasteiger partial charge in [0.15, 0.2) is 10.8 Å². The first-order chi connectivity index (χ1) is 10.2. The van der Waals surface area contributed by atoms with E-state index in [0.717, 1.165) is 29.6 Å². The molecule has 112 valence electrons. The predicted octanol–water partition coefficient (Wildman–Crippen LogP) is 3.12. The van der Waals surface area contributed by atoms with Crippen molar-refractivity contribution in [3.8, 4) is 0 Å². The number of nitrogens with zero attached hydrogens (tertiary/aromatic N) is 3. The molecule has 1 unspecified atom stereocenters. The van der Waals surface area contributed by atoms with Crippen LogP contribution in [0.5, 0.6) is 0 Å². The molecule has 3 rings (SSSR count). The topological polar surface area (TPSA) is 57.8 Å². The van der Waals surface area contributed by atoms with Crippen molar-refractivity contribution in [2.45, 2.75) is 26.2 Å². The molecule has 5 nitrogen and oxygen atoms in total. The standard InChI is InChI=1S/C15H19N3O2S/c1-2-11-4-3-7-17(10-11)14-12(5-6-13(19)20)18-8-9-21-15(18)16-14/h5-6,8-9,11H,2-4,7,10H2,1H3,(H,19,20)/b6-5+. The van der Waals surface area contributed by atoms with Crippen LogP contribution in [0.15, 0.2) is 17.7 Å². The fourth-order valence-electron chi connectivity index (χ4n) is 2.92. The van der Waals surface area contributed by atoms with Gasteiger partial charge in [0.25, 0.3) is 0 Å². The Morgan fingerprint density at radius 3 is 3.24 bits per heavy atom. The van der Waals surface area contributed by atoms with Gasteiger partial charge < -0.3 is 10.0 Å². The Labute approximate surface area is 127 Å². The van der Waals surface area contributed by atoms with Crippen molar-refractivity contribution in [2.75, 3.05) is 18.0 Å². The van der Waals surface area contributed by atoms with Crippen LogP contribution < -0.4 is 4.90 Å². The molecule has 0 amide bonds. The number of carboxylic acid groups (broad SMARTS) is 1. The number of aromatic nitrogens is 2. The monoisotopic (exact) mass is 305 g/mol. The predicted molar refractivity (Wildman–Crippen MR) is 85.0 cm³/mol. The lowest BCUT2D eigenvalue weighted by Gasteiger charge is -2.32. The average Bonchev–Trinajstić information content (AvgIpc) is 3.06. The molecule has 2 aromatic rings. The number of carboxylic acids is 1. The summed E-state index contributed by atoms with van der Waals surface area (Å²) in [6.45, 7) is 4.23. The van der Waals surface area contributed by atoms with Crippen molar-refractivity contribution < 1.29 is 9.90 Å². The van der Waals surface area contributed by atoms with Crippen molar-refractivity contribution in [1.82, 2.24) is 9.38 Å². The van der Waals surface area contributed by atoms with Gasteiger partial charge in [-0.3, -0.25) is 4.40 Å². The van der Waals surface area contributed by atoms with Gasteiger partial charge >= 0.3 is 5.97 Å². The lowest BCUT2D eigenvalue weighted by atomic mass is 9.95. The molecule has 2 aromatic heterocycles. The highest BCUT2D eigenvalue weighted by atomic mass is 32.1. The molecule has 0 bridgehead atoms. The molecule has 1 aliphatic rings. The Hall–Kier alpha value is -1.82. The maximum absolute atomic E-state index is 10.8. The molecule has 6 heteroatoms. The second-order valence-electron chi connectivity index (χ2n) is 5.41. The normalized spacial score (nSPS) is 19.7. The number of piperidine rings is 1. The minimum Gasteiger partial charge on any atom is -0.478 e. The van der Waals surface area contributed by atoms with Crippen LogP contribution >= 0.6 is 11.3 Å². The minimum absolute atomic E-state index is 0.704. The number of hydrogen-bond donors (Lipinski definition) is 1. The summed E-state index contributed by atoms with van der Waals surface area (Å²) in [5.74, 6) is 0.684. The Morgan fingerprint density at radius 1 is 1.62 bits per heavy atom. The number of fused-ring (bicyclic) bond motifs is 1. The van der Waals surface area contributed by atoms with Crippen LogP contribution in [0, 0.1) is 5.92 Å². The fraction of sp³-hybridized carbons (Fsp3) is 0.467. The molecule has 0 radical (unpaired) electrons. The van der Waals surface area contributed by atoms with E-state index in [0.29, 0.717) is 5.92 Å². The van der Waals surface area contributed by atoms with Gasteiger partial charge in [-0.15, -0.1) is 11.3 Å². The Balaban J connectivity index is 1.98. The van der Waals surface area contributed by atoms with Crippen LogP contribution in [0.2, 0.25) is 0 Å². The summed E-state index contributed by atoms with van der Waals surface area (Å²) in [7, 11) is 0.